The first-order valence-corrected chi connectivity index (χ1v) is 8.99. The number of ether oxygens (including phenoxy) is 1. The first-order valence-electron chi connectivity index (χ1n) is 8.99. The molecule has 0 radical (unpaired) electrons. The average molecular weight is 326 g/mol. The third-order valence-corrected chi connectivity index (χ3v) is 3.93. The number of unbranched alkanes of at least 4 members (excludes halogenated alkanes) is 9. The highest BCUT2D eigenvalue weighted by atomic mass is 16.5. The van der Waals surface area contributed by atoms with Crippen molar-refractivity contribution in [1.29, 1.82) is 0 Å². The van der Waals surface area contributed by atoms with Gasteiger partial charge in [0, 0.05) is 19.8 Å². The van der Waals surface area contributed by atoms with Crippen LogP contribution in [0.3, 0.4) is 0 Å². The second-order valence-corrected chi connectivity index (χ2v) is 6.23. The summed E-state index contributed by atoms with van der Waals surface area (Å²) in [5.74, 6) is 2.34. The van der Waals surface area contributed by atoms with Crippen molar-refractivity contribution in [3.63, 3.8) is 0 Å². The Bertz CT molecular complexity index is 322. The first kappa shape index (κ1) is 21.9. The Morgan fingerprint density at radius 2 is 1.57 bits per heavy atom. The van der Waals surface area contributed by atoms with Gasteiger partial charge in [0.2, 0.25) is 0 Å². The minimum absolute atomic E-state index is 0.286. The van der Waals surface area contributed by atoms with Crippen LogP contribution in [0, 0.1) is 12.3 Å². The summed E-state index contributed by atoms with van der Waals surface area (Å²) in [6, 6.07) is 0. The minimum Gasteiger partial charge on any atom is -0.462 e. The summed E-state index contributed by atoms with van der Waals surface area (Å²) in [5.41, 5.74) is 0. The quantitative estimate of drug-likeness (QED) is 0.274. The van der Waals surface area contributed by atoms with Crippen molar-refractivity contribution in [2.75, 3.05) is 6.61 Å². The third kappa shape index (κ3) is 15.6. The Labute approximate surface area is 141 Å². The number of carbonyl (C=O) groups excluding carboxylic acids is 1. The van der Waals surface area contributed by atoms with Crippen molar-refractivity contribution < 1.29 is 19.7 Å². The molecule has 0 fully saturated rings. The van der Waals surface area contributed by atoms with Crippen molar-refractivity contribution in [3.8, 4) is 12.3 Å². The molecule has 0 saturated heterocycles. The summed E-state index contributed by atoms with van der Waals surface area (Å²) < 4.78 is 5.19. The van der Waals surface area contributed by atoms with Gasteiger partial charge in [0.1, 0.15) is 6.10 Å². The number of carbonyl (C=O) groups is 1. The highest BCUT2D eigenvalue weighted by Crippen LogP contribution is 2.15. The zero-order valence-electron chi connectivity index (χ0n) is 14.6. The molecule has 0 amide bonds. The van der Waals surface area contributed by atoms with Crippen LogP contribution >= 0.6 is 0 Å². The molecule has 2 N–H and O–H groups in total. The Kier molecular flexibility index (Phi) is 15.1. The lowest BCUT2D eigenvalue weighted by Crippen LogP contribution is -2.25. The van der Waals surface area contributed by atoms with Gasteiger partial charge in [-0.15, -0.1) is 12.3 Å². The van der Waals surface area contributed by atoms with E-state index in [-0.39, 0.29) is 18.7 Å². The number of esters is 1. The van der Waals surface area contributed by atoms with Crippen LogP contribution in [0.5, 0.6) is 0 Å². The Hall–Kier alpha value is -1.05. The summed E-state index contributed by atoms with van der Waals surface area (Å²) in [5, 5.41) is 18.3. The van der Waals surface area contributed by atoms with E-state index < -0.39 is 6.10 Å². The van der Waals surface area contributed by atoms with E-state index in [2.05, 4.69) is 5.92 Å². The minimum atomic E-state index is -0.811. The van der Waals surface area contributed by atoms with Gasteiger partial charge in [-0.25, -0.2) is 0 Å². The molecule has 0 aliphatic rings. The van der Waals surface area contributed by atoms with Crippen molar-refractivity contribution in [1.82, 2.24) is 0 Å². The molecule has 0 aromatic carbocycles. The van der Waals surface area contributed by atoms with Crippen LogP contribution in [0.15, 0.2) is 0 Å². The largest absolute Gasteiger partial charge is 0.462 e. The predicted octanol–water partition coefficient (Wildman–Crippen LogP) is 3.59. The second-order valence-electron chi connectivity index (χ2n) is 6.23. The molecule has 0 heterocycles. The molecule has 0 saturated carbocycles. The van der Waals surface area contributed by atoms with E-state index in [0.717, 1.165) is 32.1 Å². The van der Waals surface area contributed by atoms with E-state index in [4.69, 9.17) is 16.3 Å². The van der Waals surface area contributed by atoms with E-state index >= 15 is 0 Å². The van der Waals surface area contributed by atoms with Crippen LogP contribution in [0.4, 0.5) is 0 Å². The molecule has 4 heteroatoms. The lowest BCUT2D eigenvalue weighted by atomic mass is 10.0. The van der Waals surface area contributed by atoms with Crippen LogP contribution in [0.1, 0.15) is 84.0 Å². The van der Waals surface area contributed by atoms with Crippen molar-refractivity contribution in [2.45, 2.75) is 96.2 Å². The molecule has 0 bridgehead atoms. The number of aliphatic hydroxyl groups excluding tert-OH is 2. The number of hydrogen-bond acceptors (Lipinski definition) is 4. The van der Waals surface area contributed by atoms with E-state index in [9.17, 15) is 9.90 Å². The smallest absolute Gasteiger partial charge is 0.302 e. The number of hydrogen-bond donors (Lipinski definition) is 2. The van der Waals surface area contributed by atoms with Gasteiger partial charge in [-0.05, 0) is 19.3 Å². The molecule has 0 aromatic heterocycles. The number of terminal acetylenes is 1. The Balaban J connectivity index is 3.54. The molecular weight excluding hydrogens is 292 g/mol. The molecule has 0 rings (SSSR count). The Morgan fingerprint density at radius 1 is 1.04 bits per heavy atom. The second kappa shape index (κ2) is 15.8. The lowest BCUT2D eigenvalue weighted by Gasteiger charge is -2.19. The first-order chi connectivity index (χ1) is 11.1. The maximum Gasteiger partial charge on any atom is 0.302 e. The predicted molar refractivity (Wildman–Crippen MR) is 92.9 cm³/mol. The number of aliphatic hydroxyl groups is 2. The third-order valence-electron chi connectivity index (χ3n) is 3.93. The van der Waals surface area contributed by atoms with Crippen LogP contribution in [0.2, 0.25) is 0 Å². The van der Waals surface area contributed by atoms with Crippen LogP contribution in [-0.4, -0.2) is 35.0 Å². The number of rotatable bonds is 15. The van der Waals surface area contributed by atoms with Gasteiger partial charge >= 0.3 is 5.97 Å². The molecule has 0 unspecified atom stereocenters. The molecule has 0 spiro atoms. The summed E-state index contributed by atoms with van der Waals surface area (Å²) in [6.07, 6.45) is 16.8. The molecule has 23 heavy (non-hydrogen) atoms. The van der Waals surface area contributed by atoms with E-state index in [1.807, 2.05) is 0 Å². The zero-order valence-corrected chi connectivity index (χ0v) is 14.6. The van der Waals surface area contributed by atoms with Crippen LogP contribution in [0.25, 0.3) is 0 Å². The summed E-state index contributed by atoms with van der Waals surface area (Å²) in [7, 11) is 0. The molecule has 0 aliphatic heterocycles. The van der Waals surface area contributed by atoms with E-state index in [1.54, 1.807) is 0 Å². The fraction of sp³-hybridized carbons (Fsp3) is 0.842. The molecule has 4 nitrogen and oxygen atoms in total. The van der Waals surface area contributed by atoms with Crippen molar-refractivity contribution in [3.05, 3.63) is 0 Å². The van der Waals surface area contributed by atoms with Gasteiger partial charge < -0.3 is 14.9 Å². The summed E-state index contributed by atoms with van der Waals surface area (Å²) in [4.78, 5) is 11.0. The molecule has 0 aromatic rings. The van der Waals surface area contributed by atoms with Gasteiger partial charge in [-0.3, -0.25) is 4.79 Å². The van der Waals surface area contributed by atoms with Gasteiger partial charge in [-0.2, -0.15) is 0 Å². The highest BCUT2D eigenvalue weighted by Gasteiger charge is 2.16. The fourth-order valence-electron chi connectivity index (χ4n) is 2.67. The fourth-order valence-corrected chi connectivity index (χ4v) is 2.67. The molecule has 134 valence electrons. The van der Waals surface area contributed by atoms with Gasteiger partial charge in [-0.1, -0.05) is 44.9 Å². The topological polar surface area (TPSA) is 66.8 Å². The summed E-state index contributed by atoms with van der Waals surface area (Å²) in [6.45, 7) is 1.08. The summed E-state index contributed by atoms with van der Waals surface area (Å²) >= 11 is 0. The van der Waals surface area contributed by atoms with Crippen LogP contribution in [-0.2, 0) is 9.53 Å². The zero-order chi connectivity index (χ0) is 17.3. The molecular formula is C19H34O4. The van der Waals surface area contributed by atoms with Gasteiger partial charge in [0.15, 0.2) is 0 Å². The average Bonchev–Trinajstić information content (AvgIpc) is 2.51. The lowest BCUT2D eigenvalue weighted by molar-refractivity contribution is -0.148. The van der Waals surface area contributed by atoms with Crippen LogP contribution < -0.4 is 0 Å². The molecule has 0 aliphatic carbocycles. The maximum absolute atomic E-state index is 11.0. The van der Waals surface area contributed by atoms with Gasteiger partial charge in [0.05, 0.1) is 12.7 Å². The van der Waals surface area contributed by atoms with E-state index in [0.29, 0.717) is 6.42 Å². The van der Waals surface area contributed by atoms with Crippen molar-refractivity contribution in [2.24, 2.45) is 0 Å². The van der Waals surface area contributed by atoms with Crippen molar-refractivity contribution >= 4 is 5.97 Å². The molecule has 2 atom stereocenters. The van der Waals surface area contributed by atoms with E-state index in [1.165, 1.54) is 45.4 Å². The highest BCUT2D eigenvalue weighted by molar-refractivity contribution is 5.66. The monoisotopic (exact) mass is 326 g/mol. The van der Waals surface area contributed by atoms with Gasteiger partial charge in [0.25, 0.3) is 0 Å². The standard InChI is InChI=1S/C19H34O4/c1-3-4-5-6-7-8-9-10-11-12-13-14-19(23-17(2)21)15-18(22)16-20/h1,18-20,22H,4-16H2,2H3/t18-,19+/m1/s1. The Morgan fingerprint density at radius 3 is 2.04 bits per heavy atom. The maximum atomic E-state index is 11.0. The normalized spacial score (nSPS) is 13.3. The SMILES string of the molecule is C#CCCCCCCCCCCC[C@@H](C[C@@H](O)CO)OC(C)=O.